The molecule has 1 aromatic heterocycles. The minimum Gasteiger partial charge on any atom is -0.387 e. The summed E-state index contributed by atoms with van der Waals surface area (Å²) in [7, 11) is 0. The largest absolute Gasteiger partial charge is 0.387 e. The summed E-state index contributed by atoms with van der Waals surface area (Å²) in [5, 5.41) is 20.3. The lowest BCUT2D eigenvalue weighted by Crippen LogP contribution is -2.49. The van der Waals surface area contributed by atoms with Gasteiger partial charge in [-0.3, -0.25) is 4.98 Å². The fourth-order valence-electron chi connectivity index (χ4n) is 1.97. The Labute approximate surface area is 119 Å². The van der Waals surface area contributed by atoms with Crippen molar-refractivity contribution in [3.05, 3.63) is 54.4 Å². The summed E-state index contributed by atoms with van der Waals surface area (Å²) in [6.07, 6.45) is 3.94. The van der Waals surface area contributed by atoms with E-state index in [0.29, 0.717) is 6.42 Å². The maximum Gasteiger partial charge on any atom is 0.0940 e. The third-order valence-corrected chi connectivity index (χ3v) is 3.83. The van der Waals surface area contributed by atoms with Crippen molar-refractivity contribution in [3.8, 4) is 11.1 Å². The van der Waals surface area contributed by atoms with Gasteiger partial charge in [0.15, 0.2) is 0 Å². The van der Waals surface area contributed by atoms with E-state index in [2.05, 4.69) is 4.98 Å². The lowest BCUT2D eigenvalue weighted by atomic mass is 9.82. The molecule has 1 atom stereocenters. The van der Waals surface area contributed by atoms with Gasteiger partial charge in [-0.15, -0.1) is 0 Å². The highest BCUT2D eigenvalue weighted by Gasteiger charge is 2.37. The van der Waals surface area contributed by atoms with Crippen LogP contribution in [0.25, 0.3) is 11.1 Å². The van der Waals surface area contributed by atoms with E-state index in [9.17, 15) is 10.2 Å². The molecular weight excluding hydrogens is 250 g/mol. The molecule has 0 aliphatic carbocycles. The topological polar surface area (TPSA) is 53.4 Å². The fraction of sp³-hybridized carbons (Fsp3) is 0.353. The predicted molar refractivity (Wildman–Crippen MR) is 80.3 cm³/mol. The molecule has 0 aliphatic rings. The van der Waals surface area contributed by atoms with E-state index in [-0.39, 0.29) is 0 Å². The molecule has 2 rings (SSSR count). The van der Waals surface area contributed by atoms with Gasteiger partial charge in [-0.25, -0.2) is 0 Å². The van der Waals surface area contributed by atoms with Crippen molar-refractivity contribution < 1.29 is 10.2 Å². The number of aromatic nitrogens is 1. The van der Waals surface area contributed by atoms with E-state index in [1.165, 1.54) is 0 Å². The van der Waals surface area contributed by atoms with Gasteiger partial charge < -0.3 is 10.2 Å². The predicted octanol–water partition coefficient (Wildman–Crippen LogP) is 2.81. The Morgan fingerprint density at radius 2 is 1.35 bits per heavy atom. The van der Waals surface area contributed by atoms with E-state index in [4.69, 9.17) is 0 Å². The van der Waals surface area contributed by atoms with Gasteiger partial charge in [0.25, 0.3) is 0 Å². The van der Waals surface area contributed by atoms with Crippen molar-refractivity contribution >= 4 is 0 Å². The van der Waals surface area contributed by atoms with Gasteiger partial charge in [-0.1, -0.05) is 24.3 Å². The second-order valence-corrected chi connectivity index (χ2v) is 5.94. The van der Waals surface area contributed by atoms with Crippen LogP contribution in [0, 0.1) is 0 Å². The summed E-state index contributed by atoms with van der Waals surface area (Å²) >= 11 is 0. The molecule has 0 saturated heterocycles. The zero-order valence-corrected chi connectivity index (χ0v) is 12.2. The Hall–Kier alpha value is -1.71. The molecule has 3 nitrogen and oxygen atoms in total. The van der Waals surface area contributed by atoms with Crippen LogP contribution in [0.5, 0.6) is 0 Å². The van der Waals surface area contributed by atoms with E-state index < -0.39 is 11.2 Å². The van der Waals surface area contributed by atoms with Crippen LogP contribution in [0.15, 0.2) is 48.8 Å². The number of pyridine rings is 1. The van der Waals surface area contributed by atoms with E-state index >= 15 is 0 Å². The number of nitrogens with zero attached hydrogens (tertiary/aromatic N) is 1. The standard InChI is InChI=1S/C17H21NO2/c1-16(2,19)17(3,20)12-13-4-6-14(7-5-13)15-8-10-18-11-9-15/h4-11,19-20H,12H2,1-3H3. The summed E-state index contributed by atoms with van der Waals surface area (Å²) < 4.78 is 0. The minimum atomic E-state index is -1.16. The van der Waals surface area contributed by atoms with Crippen LogP contribution in [0.4, 0.5) is 0 Å². The van der Waals surface area contributed by atoms with Gasteiger partial charge >= 0.3 is 0 Å². The lowest BCUT2D eigenvalue weighted by molar-refractivity contribution is -0.118. The van der Waals surface area contributed by atoms with Crippen molar-refractivity contribution in [1.29, 1.82) is 0 Å². The zero-order valence-electron chi connectivity index (χ0n) is 12.2. The average Bonchev–Trinajstić information content (AvgIpc) is 2.39. The average molecular weight is 271 g/mol. The summed E-state index contributed by atoms with van der Waals surface area (Å²) in [5.41, 5.74) is 0.914. The first-order valence-electron chi connectivity index (χ1n) is 6.74. The Bertz CT molecular complexity index is 554. The summed E-state index contributed by atoms with van der Waals surface area (Å²) in [6, 6.07) is 11.9. The monoisotopic (exact) mass is 271 g/mol. The first-order valence-corrected chi connectivity index (χ1v) is 6.74. The molecule has 1 unspecified atom stereocenters. The van der Waals surface area contributed by atoms with Gasteiger partial charge in [0, 0.05) is 18.8 Å². The molecule has 3 heteroatoms. The third-order valence-electron chi connectivity index (χ3n) is 3.83. The van der Waals surface area contributed by atoms with Crippen LogP contribution >= 0.6 is 0 Å². The molecule has 1 aromatic carbocycles. The lowest BCUT2D eigenvalue weighted by Gasteiger charge is -2.35. The summed E-state index contributed by atoms with van der Waals surface area (Å²) in [4.78, 5) is 4.00. The molecule has 1 heterocycles. The van der Waals surface area contributed by atoms with Gasteiger partial charge in [0.1, 0.15) is 0 Å². The minimum absolute atomic E-state index is 0.410. The second-order valence-electron chi connectivity index (χ2n) is 5.94. The number of rotatable bonds is 4. The van der Waals surface area contributed by atoms with Gasteiger partial charge in [0.2, 0.25) is 0 Å². The molecule has 2 aromatic rings. The third kappa shape index (κ3) is 3.24. The Morgan fingerprint density at radius 1 is 0.850 bits per heavy atom. The normalized spacial score (nSPS) is 14.8. The maximum atomic E-state index is 10.3. The van der Waals surface area contributed by atoms with Crippen LogP contribution in [0.3, 0.4) is 0 Å². The zero-order chi connectivity index (χ0) is 14.8. The van der Waals surface area contributed by atoms with Gasteiger partial charge in [-0.05, 0) is 49.6 Å². The van der Waals surface area contributed by atoms with Crippen LogP contribution in [-0.2, 0) is 6.42 Å². The SMILES string of the molecule is CC(C)(O)C(C)(O)Cc1ccc(-c2ccncc2)cc1. The first kappa shape index (κ1) is 14.7. The molecule has 106 valence electrons. The summed E-state index contributed by atoms with van der Waals surface area (Å²) in [5.74, 6) is 0. The van der Waals surface area contributed by atoms with E-state index in [1.807, 2.05) is 36.4 Å². The highest BCUT2D eigenvalue weighted by atomic mass is 16.3. The molecule has 0 bridgehead atoms. The molecule has 0 saturated carbocycles. The highest BCUT2D eigenvalue weighted by molar-refractivity contribution is 5.62. The molecule has 0 amide bonds. The van der Waals surface area contributed by atoms with Crippen LogP contribution in [0.2, 0.25) is 0 Å². The molecule has 0 aliphatic heterocycles. The number of benzene rings is 1. The molecule has 0 fully saturated rings. The van der Waals surface area contributed by atoms with E-state index in [1.54, 1.807) is 33.2 Å². The fourth-order valence-corrected chi connectivity index (χ4v) is 1.97. The van der Waals surface area contributed by atoms with E-state index in [0.717, 1.165) is 16.7 Å². The maximum absolute atomic E-state index is 10.3. The van der Waals surface area contributed by atoms with Crippen molar-refractivity contribution in [2.24, 2.45) is 0 Å². The Balaban J connectivity index is 2.18. The quantitative estimate of drug-likeness (QED) is 0.899. The summed E-state index contributed by atoms with van der Waals surface area (Å²) in [6.45, 7) is 4.90. The van der Waals surface area contributed by atoms with Crippen molar-refractivity contribution in [3.63, 3.8) is 0 Å². The Kier molecular flexibility index (Phi) is 3.93. The molecule has 0 radical (unpaired) electrons. The van der Waals surface area contributed by atoms with Crippen LogP contribution in [0.1, 0.15) is 26.3 Å². The molecule has 20 heavy (non-hydrogen) atoms. The second kappa shape index (κ2) is 5.35. The van der Waals surface area contributed by atoms with Crippen molar-refractivity contribution in [2.75, 3.05) is 0 Å². The molecule has 0 spiro atoms. The van der Waals surface area contributed by atoms with Gasteiger partial charge in [-0.2, -0.15) is 0 Å². The molecule has 2 N–H and O–H groups in total. The number of hydrogen-bond acceptors (Lipinski definition) is 3. The molecular formula is C17H21NO2. The Morgan fingerprint density at radius 3 is 1.85 bits per heavy atom. The van der Waals surface area contributed by atoms with Crippen molar-refractivity contribution in [2.45, 2.75) is 38.4 Å². The van der Waals surface area contributed by atoms with Gasteiger partial charge in [0.05, 0.1) is 11.2 Å². The highest BCUT2D eigenvalue weighted by Crippen LogP contribution is 2.27. The first-order chi connectivity index (χ1) is 9.29. The van der Waals surface area contributed by atoms with Crippen LogP contribution < -0.4 is 0 Å². The number of hydrogen-bond donors (Lipinski definition) is 2. The number of aliphatic hydroxyl groups is 2. The van der Waals surface area contributed by atoms with Crippen LogP contribution in [-0.4, -0.2) is 26.4 Å². The van der Waals surface area contributed by atoms with Crippen molar-refractivity contribution in [1.82, 2.24) is 4.98 Å². The smallest absolute Gasteiger partial charge is 0.0940 e.